The highest BCUT2D eigenvalue weighted by atomic mass is 32.2. The summed E-state index contributed by atoms with van der Waals surface area (Å²) in [6, 6.07) is 16.0. The molecule has 0 radical (unpaired) electrons. The van der Waals surface area contributed by atoms with Gasteiger partial charge in [0.15, 0.2) is 4.32 Å². The molecular weight excluding hydrogens is 334 g/mol. The van der Waals surface area contributed by atoms with Gasteiger partial charge in [-0.25, -0.2) is 0 Å². The van der Waals surface area contributed by atoms with Gasteiger partial charge in [0, 0.05) is 0 Å². The van der Waals surface area contributed by atoms with Gasteiger partial charge in [0.25, 0.3) is 5.91 Å². The number of allylic oxidation sites excluding steroid dienone is 2. The zero-order valence-corrected chi connectivity index (χ0v) is 15.2. The fourth-order valence-corrected chi connectivity index (χ4v) is 3.70. The van der Waals surface area contributed by atoms with Crippen LogP contribution in [0.5, 0.6) is 0 Å². The Bertz CT molecular complexity index is 853. The number of hydrogen-bond acceptors (Lipinski definition) is 3. The van der Waals surface area contributed by atoms with Crippen molar-refractivity contribution in [2.75, 3.05) is 4.90 Å². The van der Waals surface area contributed by atoms with Crippen molar-refractivity contribution in [1.82, 2.24) is 0 Å². The minimum atomic E-state index is -0.0589. The maximum Gasteiger partial charge on any atom is 0.270 e. The predicted octanol–water partition coefficient (Wildman–Crippen LogP) is 5.27. The standard InChI is InChI=1S/C20H17NOS2/c1-14-11-12-15(2)17(13-14)21-19(22)18(24-20(21)23)10-6-9-16-7-4-3-5-8-16/h3-13H,1-2H3/b9-6+,18-10-. The van der Waals surface area contributed by atoms with E-state index < -0.39 is 0 Å². The van der Waals surface area contributed by atoms with Crippen molar-refractivity contribution in [3.63, 3.8) is 0 Å². The second-order valence-electron chi connectivity index (χ2n) is 5.60. The minimum Gasteiger partial charge on any atom is -0.268 e. The molecule has 3 rings (SSSR count). The van der Waals surface area contributed by atoms with Crippen molar-refractivity contribution in [3.05, 3.63) is 82.3 Å². The van der Waals surface area contributed by atoms with Gasteiger partial charge >= 0.3 is 0 Å². The van der Waals surface area contributed by atoms with Crippen molar-refractivity contribution in [2.45, 2.75) is 13.8 Å². The van der Waals surface area contributed by atoms with E-state index in [9.17, 15) is 4.79 Å². The lowest BCUT2D eigenvalue weighted by atomic mass is 10.1. The van der Waals surface area contributed by atoms with Gasteiger partial charge in [0.1, 0.15) is 0 Å². The van der Waals surface area contributed by atoms with E-state index in [0.29, 0.717) is 9.23 Å². The van der Waals surface area contributed by atoms with E-state index in [4.69, 9.17) is 12.2 Å². The Kier molecular flexibility index (Phi) is 4.97. The highest BCUT2D eigenvalue weighted by molar-refractivity contribution is 8.27. The Hall–Kier alpha value is -2.17. The Labute approximate surface area is 151 Å². The van der Waals surface area contributed by atoms with E-state index in [2.05, 4.69) is 0 Å². The van der Waals surface area contributed by atoms with Crippen molar-refractivity contribution in [2.24, 2.45) is 0 Å². The number of thioether (sulfide) groups is 1. The molecule has 0 atom stereocenters. The average molecular weight is 351 g/mol. The summed E-state index contributed by atoms with van der Waals surface area (Å²) >= 11 is 6.77. The van der Waals surface area contributed by atoms with Gasteiger partial charge in [-0.1, -0.05) is 78.6 Å². The van der Waals surface area contributed by atoms with Crippen LogP contribution >= 0.6 is 24.0 Å². The second kappa shape index (κ2) is 7.16. The van der Waals surface area contributed by atoms with Crippen LogP contribution in [0.1, 0.15) is 16.7 Å². The lowest BCUT2D eigenvalue weighted by Crippen LogP contribution is -2.28. The number of thiocarbonyl (C=S) groups is 1. The first kappa shape index (κ1) is 16.7. The van der Waals surface area contributed by atoms with Gasteiger partial charge in [0.2, 0.25) is 0 Å². The van der Waals surface area contributed by atoms with Crippen LogP contribution in [0.4, 0.5) is 5.69 Å². The summed E-state index contributed by atoms with van der Waals surface area (Å²) in [4.78, 5) is 15.0. The lowest BCUT2D eigenvalue weighted by Gasteiger charge is -2.17. The van der Waals surface area contributed by atoms with Crippen LogP contribution in [-0.2, 0) is 4.79 Å². The third-order valence-corrected chi connectivity index (χ3v) is 5.06. The van der Waals surface area contributed by atoms with Gasteiger partial charge < -0.3 is 0 Å². The first-order chi connectivity index (χ1) is 11.6. The van der Waals surface area contributed by atoms with Crippen LogP contribution in [-0.4, -0.2) is 10.2 Å². The Balaban J connectivity index is 1.85. The van der Waals surface area contributed by atoms with E-state index in [1.54, 1.807) is 4.90 Å². The SMILES string of the molecule is Cc1ccc(C)c(N2C(=O)/C(=C/C=C/c3ccccc3)SC2=S)c1. The number of amides is 1. The van der Waals surface area contributed by atoms with Crippen LogP contribution in [0.25, 0.3) is 6.08 Å². The Morgan fingerprint density at radius 2 is 1.83 bits per heavy atom. The highest BCUT2D eigenvalue weighted by Gasteiger charge is 2.33. The van der Waals surface area contributed by atoms with E-state index in [-0.39, 0.29) is 5.91 Å². The molecular formula is C20H17NOS2. The van der Waals surface area contributed by atoms with E-state index in [0.717, 1.165) is 22.4 Å². The first-order valence-electron chi connectivity index (χ1n) is 7.63. The maximum absolute atomic E-state index is 12.7. The predicted molar refractivity (Wildman–Crippen MR) is 107 cm³/mol. The molecule has 0 aliphatic carbocycles. The molecule has 2 aromatic rings. The molecule has 1 aliphatic rings. The highest BCUT2D eigenvalue weighted by Crippen LogP contribution is 2.36. The summed E-state index contributed by atoms with van der Waals surface area (Å²) in [6.45, 7) is 4.01. The van der Waals surface area contributed by atoms with Gasteiger partial charge in [-0.05, 0) is 42.7 Å². The molecule has 0 saturated carbocycles. The molecule has 1 saturated heterocycles. The zero-order valence-electron chi connectivity index (χ0n) is 13.5. The number of rotatable bonds is 3. The second-order valence-corrected chi connectivity index (χ2v) is 7.27. The summed E-state index contributed by atoms with van der Waals surface area (Å²) in [7, 11) is 0. The number of carbonyl (C=O) groups is 1. The summed E-state index contributed by atoms with van der Waals surface area (Å²) in [5.74, 6) is -0.0589. The number of aryl methyl sites for hydroxylation is 2. The summed E-state index contributed by atoms with van der Waals surface area (Å²) in [5.41, 5.74) is 4.11. The maximum atomic E-state index is 12.7. The van der Waals surface area contributed by atoms with Gasteiger partial charge in [-0.3, -0.25) is 9.69 Å². The molecule has 2 aromatic carbocycles. The molecule has 24 heavy (non-hydrogen) atoms. The summed E-state index contributed by atoms with van der Waals surface area (Å²) < 4.78 is 0.577. The van der Waals surface area contributed by atoms with Crippen molar-refractivity contribution >= 4 is 46.0 Å². The number of anilines is 1. The molecule has 1 amide bonds. The third kappa shape index (κ3) is 3.50. The molecule has 0 unspecified atom stereocenters. The fourth-order valence-electron chi connectivity index (χ4n) is 2.46. The van der Waals surface area contributed by atoms with Gasteiger partial charge in [-0.2, -0.15) is 0 Å². The molecule has 0 bridgehead atoms. The number of carbonyl (C=O) groups excluding carboxylic acids is 1. The van der Waals surface area contributed by atoms with Crippen molar-refractivity contribution in [1.29, 1.82) is 0 Å². The minimum absolute atomic E-state index is 0.0589. The number of hydrogen-bond donors (Lipinski definition) is 0. The lowest BCUT2D eigenvalue weighted by molar-refractivity contribution is -0.113. The number of benzene rings is 2. The molecule has 4 heteroatoms. The van der Waals surface area contributed by atoms with Gasteiger partial charge in [-0.15, -0.1) is 0 Å². The zero-order chi connectivity index (χ0) is 17.1. The third-order valence-electron chi connectivity index (χ3n) is 3.74. The smallest absolute Gasteiger partial charge is 0.268 e. The van der Waals surface area contributed by atoms with Crippen LogP contribution in [0, 0.1) is 13.8 Å². The molecule has 1 heterocycles. The summed E-state index contributed by atoms with van der Waals surface area (Å²) in [5, 5.41) is 0. The molecule has 0 spiro atoms. The topological polar surface area (TPSA) is 20.3 Å². The van der Waals surface area contributed by atoms with Crippen LogP contribution in [0.3, 0.4) is 0 Å². The first-order valence-corrected chi connectivity index (χ1v) is 8.85. The van der Waals surface area contributed by atoms with Crippen LogP contribution in [0.2, 0.25) is 0 Å². The van der Waals surface area contributed by atoms with Crippen LogP contribution in [0.15, 0.2) is 65.6 Å². The average Bonchev–Trinajstić information content (AvgIpc) is 2.85. The van der Waals surface area contributed by atoms with E-state index in [1.807, 2.05) is 80.6 Å². The number of nitrogens with zero attached hydrogens (tertiary/aromatic N) is 1. The van der Waals surface area contributed by atoms with Crippen molar-refractivity contribution < 1.29 is 4.79 Å². The molecule has 0 N–H and O–H groups in total. The molecule has 0 aromatic heterocycles. The summed E-state index contributed by atoms with van der Waals surface area (Å²) in [6.07, 6.45) is 5.70. The fraction of sp³-hybridized carbons (Fsp3) is 0.100. The largest absolute Gasteiger partial charge is 0.270 e. The quantitative estimate of drug-likeness (QED) is 0.555. The monoisotopic (exact) mass is 351 g/mol. The molecule has 1 fully saturated rings. The van der Waals surface area contributed by atoms with Crippen LogP contribution < -0.4 is 4.90 Å². The molecule has 2 nitrogen and oxygen atoms in total. The van der Waals surface area contributed by atoms with E-state index >= 15 is 0 Å². The van der Waals surface area contributed by atoms with E-state index in [1.165, 1.54) is 11.8 Å². The molecule has 1 aliphatic heterocycles. The Morgan fingerprint density at radius 1 is 1.08 bits per heavy atom. The van der Waals surface area contributed by atoms with Crippen molar-refractivity contribution in [3.8, 4) is 0 Å². The van der Waals surface area contributed by atoms with Gasteiger partial charge in [0.05, 0.1) is 10.6 Å². The molecule has 120 valence electrons. The Morgan fingerprint density at radius 3 is 2.58 bits per heavy atom. The normalized spacial score (nSPS) is 16.6.